The molecule has 3 N–H and O–H groups in total. The van der Waals surface area contributed by atoms with Gasteiger partial charge in [0.15, 0.2) is 0 Å². The predicted molar refractivity (Wildman–Crippen MR) is 103 cm³/mol. The summed E-state index contributed by atoms with van der Waals surface area (Å²) < 4.78 is 8.64. The molecule has 0 unspecified atom stereocenters. The van der Waals surface area contributed by atoms with Crippen LogP contribution in [0.5, 0.6) is 0 Å². The molecule has 0 bridgehead atoms. The van der Waals surface area contributed by atoms with Gasteiger partial charge in [-0.15, -0.1) is 12.4 Å². The maximum absolute atomic E-state index is 12.9. The smallest absolute Gasteiger partial charge is 0.295 e. The first-order chi connectivity index (χ1) is 12.0. The Bertz CT molecular complexity index is 823. The van der Waals surface area contributed by atoms with E-state index in [2.05, 4.69) is 5.32 Å². The zero-order chi connectivity index (χ0) is 18.0. The van der Waals surface area contributed by atoms with Gasteiger partial charge in [-0.25, -0.2) is 4.68 Å². The minimum absolute atomic E-state index is 0. The van der Waals surface area contributed by atoms with E-state index in [1.165, 1.54) is 0 Å². The van der Waals surface area contributed by atoms with Gasteiger partial charge < -0.3 is 15.8 Å². The van der Waals surface area contributed by atoms with E-state index >= 15 is 0 Å². The zero-order valence-corrected chi connectivity index (χ0v) is 15.8. The number of amides is 1. The summed E-state index contributed by atoms with van der Waals surface area (Å²) in [5.74, 6) is -0.204. The van der Waals surface area contributed by atoms with Gasteiger partial charge in [-0.3, -0.25) is 14.3 Å². The molecule has 1 aromatic heterocycles. The molecule has 8 heteroatoms. The Hall–Kier alpha value is -2.09. The standard InChI is InChI=1S/C18H24N4O3.ClH/c1-13-15(20-17(24)18(12-19)8-10-25-11-9-18)16(23)22(21(13)2)14-6-4-3-5-7-14;/h3-7H,8-12,19H2,1-2H3,(H,20,24);1H. The van der Waals surface area contributed by atoms with E-state index in [-0.39, 0.29) is 30.4 Å². The third-order valence-electron chi connectivity index (χ3n) is 5.12. The van der Waals surface area contributed by atoms with Crippen LogP contribution in [0.1, 0.15) is 18.5 Å². The molecule has 2 heterocycles. The number of ether oxygens (including phenoxy) is 1. The largest absolute Gasteiger partial charge is 0.381 e. The van der Waals surface area contributed by atoms with Gasteiger partial charge in [-0.05, 0) is 31.9 Å². The first-order valence-corrected chi connectivity index (χ1v) is 8.43. The fourth-order valence-corrected chi connectivity index (χ4v) is 3.24. The molecule has 0 radical (unpaired) electrons. The average Bonchev–Trinajstić information content (AvgIpc) is 2.86. The van der Waals surface area contributed by atoms with Crippen molar-refractivity contribution in [2.24, 2.45) is 18.2 Å². The minimum atomic E-state index is -0.676. The van der Waals surface area contributed by atoms with E-state index in [9.17, 15) is 9.59 Å². The molecule has 0 atom stereocenters. The summed E-state index contributed by atoms with van der Waals surface area (Å²) in [6.07, 6.45) is 1.13. The van der Waals surface area contributed by atoms with Gasteiger partial charge >= 0.3 is 0 Å². The van der Waals surface area contributed by atoms with Gasteiger partial charge in [0, 0.05) is 26.8 Å². The lowest BCUT2D eigenvalue weighted by atomic mass is 9.79. The maximum Gasteiger partial charge on any atom is 0.295 e. The summed E-state index contributed by atoms with van der Waals surface area (Å²) in [7, 11) is 1.80. The summed E-state index contributed by atoms with van der Waals surface area (Å²) in [5, 5.41) is 2.84. The molecule has 1 fully saturated rings. The van der Waals surface area contributed by atoms with Gasteiger partial charge in [0.1, 0.15) is 5.69 Å². The van der Waals surface area contributed by atoms with Crippen LogP contribution in [0, 0.1) is 12.3 Å². The topological polar surface area (TPSA) is 91.3 Å². The number of hydrogen-bond donors (Lipinski definition) is 2. The normalized spacial score (nSPS) is 16.0. The molecule has 26 heavy (non-hydrogen) atoms. The second-order valence-corrected chi connectivity index (χ2v) is 6.49. The van der Waals surface area contributed by atoms with E-state index < -0.39 is 5.41 Å². The first-order valence-electron chi connectivity index (χ1n) is 8.43. The number of carbonyl (C=O) groups excluding carboxylic acids is 1. The highest BCUT2D eigenvalue weighted by atomic mass is 35.5. The summed E-state index contributed by atoms with van der Waals surface area (Å²) >= 11 is 0. The highest BCUT2D eigenvalue weighted by Gasteiger charge is 2.39. The van der Waals surface area contributed by atoms with Crippen molar-refractivity contribution < 1.29 is 9.53 Å². The molecular formula is C18H25ClN4O3. The van der Waals surface area contributed by atoms with Gasteiger partial charge in [0.25, 0.3) is 5.56 Å². The Balaban J connectivity index is 0.00000243. The van der Waals surface area contributed by atoms with Crippen molar-refractivity contribution in [1.29, 1.82) is 0 Å². The third kappa shape index (κ3) is 3.42. The van der Waals surface area contributed by atoms with Crippen LogP contribution in [0.2, 0.25) is 0 Å². The van der Waals surface area contributed by atoms with Crippen LogP contribution < -0.4 is 16.6 Å². The van der Waals surface area contributed by atoms with Crippen LogP contribution in [0.25, 0.3) is 5.69 Å². The molecule has 1 aliphatic rings. The Morgan fingerprint density at radius 1 is 1.27 bits per heavy atom. The number of nitrogens with zero attached hydrogens (tertiary/aromatic N) is 2. The Morgan fingerprint density at radius 2 is 1.88 bits per heavy atom. The van der Waals surface area contributed by atoms with Crippen LogP contribution in [0.3, 0.4) is 0 Å². The number of nitrogens with two attached hydrogens (primary N) is 1. The molecule has 7 nitrogen and oxygen atoms in total. The molecular weight excluding hydrogens is 356 g/mol. The lowest BCUT2D eigenvalue weighted by molar-refractivity contribution is -0.130. The van der Waals surface area contributed by atoms with Crippen molar-refractivity contribution in [2.75, 3.05) is 25.1 Å². The second-order valence-electron chi connectivity index (χ2n) is 6.49. The SMILES string of the molecule is Cc1c(NC(=O)C2(CN)CCOCC2)c(=O)n(-c2ccccc2)n1C.Cl. The Morgan fingerprint density at radius 3 is 2.46 bits per heavy atom. The summed E-state index contributed by atoms with van der Waals surface area (Å²) in [4.78, 5) is 25.8. The average molecular weight is 381 g/mol. The lowest BCUT2D eigenvalue weighted by Crippen LogP contribution is -2.46. The fourth-order valence-electron chi connectivity index (χ4n) is 3.24. The van der Waals surface area contributed by atoms with Crippen LogP contribution in [0.4, 0.5) is 5.69 Å². The highest BCUT2D eigenvalue weighted by Crippen LogP contribution is 2.31. The molecule has 1 aromatic carbocycles. The second kappa shape index (κ2) is 8.07. The van der Waals surface area contributed by atoms with E-state index in [0.717, 1.165) is 5.69 Å². The minimum Gasteiger partial charge on any atom is -0.381 e. The number of halogens is 1. The highest BCUT2D eigenvalue weighted by molar-refractivity contribution is 5.96. The lowest BCUT2D eigenvalue weighted by Gasteiger charge is -2.34. The summed E-state index contributed by atoms with van der Waals surface area (Å²) in [6.45, 7) is 3.07. The van der Waals surface area contributed by atoms with E-state index in [0.29, 0.717) is 37.4 Å². The number of anilines is 1. The van der Waals surface area contributed by atoms with Crippen molar-refractivity contribution in [1.82, 2.24) is 9.36 Å². The number of para-hydroxylation sites is 1. The molecule has 2 aromatic rings. The number of carbonyl (C=O) groups is 1. The number of hydrogen-bond acceptors (Lipinski definition) is 4. The van der Waals surface area contributed by atoms with Crippen molar-refractivity contribution in [3.8, 4) is 5.69 Å². The Labute approximate surface area is 158 Å². The number of aromatic nitrogens is 2. The van der Waals surface area contributed by atoms with E-state index in [1.807, 2.05) is 37.3 Å². The molecule has 142 valence electrons. The third-order valence-corrected chi connectivity index (χ3v) is 5.12. The quantitative estimate of drug-likeness (QED) is 0.842. The summed E-state index contributed by atoms with van der Waals surface area (Å²) in [5.41, 5.74) is 6.71. The van der Waals surface area contributed by atoms with Gasteiger partial charge in [-0.1, -0.05) is 18.2 Å². The molecule has 1 amide bonds. The molecule has 0 spiro atoms. The number of nitrogens with one attached hydrogen (secondary N) is 1. The van der Waals surface area contributed by atoms with Crippen LogP contribution >= 0.6 is 12.4 Å². The monoisotopic (exact) mass is 380 g/mol. The molecule has 3 rings (SSSR count). The van der Waals surface area contributed by atoms with Crippen molar-refractivity contribution >= 4 is 24.0 Å². The van der Waals surface area contributed by atoms with Crippen LogP contribution in [0.15, 0.2) is 35.1 Å². The van der Waals surface area contributed by atoms with Gasteiger partial charge in [-0.2, -0.15) is 0 Å². The van der Waals surface area contributed by atoms with Crippen molar-refractivity contribution in [2.45, 2.75) is 19.8 Å². The Kier molecular flexibility index (Phi) is 6.28. The molecule has 1 saturated heterocycles. The molecule has 1 aliphatic heterocycles. The summed E-state index contributed by atoms with van der Waals surface area (Å²) in [6, 6.07) is 9.34. The van der Waals surface area contributed by atoms with E-state index in [1.54, 1.807) is 16.4 Å². The molecule has 0 aliphatic carbocycles. The van der Waals surface area contributed by atoms with Gasteiger partial charge in [0.2, 0.25) is 5.91 Å². The van der Waals surface area contributed by atoms with Crippen LogP contribution in [-0.2, 0) is 16.6 Å². The maximum atomic E-state index is 12.9. The predicted octanol–water partition coefficient (Wildman–Crippen LogP) is 1.60. The van der Waals surface area contributed by atoms with E-state index in [4.69, 9.17) is 10.5 Å². The number of benzene rings is 1. The zero-order valence-electron chi connectivity index (χ0n) is 15.0. The van der Waals surface area contributed by atoms with Gasteiger partial charge in [0.05, 0.1) is 16.8 Å². The van der Waals surface area contributed by atoms with Crippen molar-refractivity contribution in [3.63, 3.8) is 0 Å². The van der Waals surface area contributed by atoms with Crippen molar-refractivity contribution in [3.05, 3.63) is 46.4 Å². The number of rotatable bonds is 4. The first kappa shape index (κ1) is 20.2. The van der Waals surface area contributed by atoms with Crippen LogP contribution in [-0.4, -0.2) is 35.0 Å². The molecule has 0 saturated carbocycles. The fraction of sp³-hybridized carbons (Fsp3) is 0.444.